The number of hydrogen-bond acceptors (Lipinski definition) is 7. The minimum absolute atomic E-state index is 0.103. The summed E-state index contributed by atoms with van der Waals surface area (Å²) < 4.78 is 10.8. The smallest absolute Gasteiger partial charge is 0.252 e. The van der Waals surface area contributed by atoms with Gasteiger partial charge in [0.15, 0.2) is 6.10 Å². The molecule has 5 atom stereocenters. The summed E-state index contributed by atoms with van der Waals surface area (Å²) in [5.41, 5.74) is 0.574. The lowest BCUT2D eigenvalue weighted by molar-refractivity contribution is -0.150. The molecule has 0 bridgehead atoms. The Labute approximate surface area is 187 Å². The van der Waals surface area contributed by atoms with Crippen LogP contribution >= 0.6 is 0 Å². The third kappa shape index (κ3) is 5.47. The lowest BCUT2D eigenvalue weighted by Gasteiger charge is -2.28. The molecule has 9 nitrogen and oxygen atoms in total. The van der Waals surface area contributed by atoms with Gasteiger partial charge < -0.3 is 35.0 Å². The van der Waals surface area contributed by atoms with E-state index in [9.17, 15) is 24.9 Å². The number of carbonyl (C=O) groups excluding carboxylic acids is 2. The fourth-order valence-electron chi connectivity index (χ4n) is 4.13. The number of benzene rings is 1. The number of anilines is 1. The fraction of sp³-hybridized carbons (Fsp3) is 0.565. The van der Waals surface area contributed by atoms with Crippen molar-refractivity contribution in [1.82, 2.24) is 5.32 Å². The van der Waals surface area contributed by atoms with Gasteiger partial charge in [-0.15, -0.1) is 0 Å². The summed E-state index contributed by atoms with van der Waals surface area (Å²) in [6, 6.07) is 5.99. The number of para-hydroxylation sites is 2. The van der Waals surface area contributed by atoms with Crippen molar-refractivity contribution in [2.45, 2.75) is 56.1 Å². The first kappa shape index (κ1) is 24.2. The second-order valence-electron chi connectivity index (χ2n) is 8.29. The van der Waals surface area contributed by atoms with Crippen molar-refractivity contribution in [2.24, 2.45) is 5.92 Å². The average molecular weight is 449 g/mol. The summed E-state index contributed by atoms with van der Waals surface area (Å²) in [6.07, 6.45) is 1.40. The van der Waals surface area contributed by atoms with E-state index in [1.165, 1.54) is 18.1 Å². The van der Waals surface area contributed by atoms with Crippen LogP contribution in [0.15, 0.2) is 36.4 Å². The van der Waals surface area contributed by atoms with Crippen LogP contribution in [0.1, 0.15) is 25.7 Å². The molecule has 1 heterocycles. The Bertz CT molecular complexity index is 824. The molecule has 1 aromatic carbocycles. The van der Waals surface area contributed by atoms with E-state index in [1.807, 2.05) is 6.08 Å². The molecule has 176 valence electrons. The minimum atomic E-state index is -1.71. The van der Waals surface area contributed by atoms with Gasteiger partial charge in [0.1, 0.15) is 36.7 Å². The van der Waals surface area contributed by atoms with Gasteiger partial charge in [0.25, 0.3) is 11.8 Å². The molecule has 9 heteroatoms. The number of amides is 2. The van der Waals surface area contributed by atoms with E-state index in [4.69, 9.17) is 9.47 Å². The molecule has 3 rings (SSSR count). The number of likely N-dealkylation sites (N-methyl/N-ethyl adjacent to an activating group) is 1. The Morgan fingerprint density at radius 2 is 1.91 bits per heavy atom. The quantitative estimate of drug-likeness (QED) is 0.423. The number of rotatable bonds is 8. The second kappa shape index (κ2) is 10.9. The Morgan fingerprint density at radius 3 is 2.59 bits per heavy atom. The molecule has 1 aliphatic carbocycles. The van der Waals surface area contributed by atoms with Gasteiger partial charge >= 0.3 is 0 Å². The van der Waals surface area contributed by atoms with Crippen molar-refractivity contribution >= 4 is 17.5 Å². The summed E-state index contributed by atoms with van der Waals surface area (Å²) in [7, 11) is 2.78. The molecular weight excluding hydrogens is 416 g/mol. The zero-order chi connectivity index (χ0) is 23.3. The highest BCUT2D eigenvalue weighted by Gasteiger charge is 2.38. The Morgan fingerprint density at radius 1 is 1.22 bits per heavy atom. The number of nitrogens with one attached hydrogen (secondary N) is 1. The maximum absolute atomic E-state index is 12.8. The Hall–Kier alpha value is -2.46. The summed E-state index contributed by atoms with van der Waals surface area (Å²) in [5.74, 6) is -0.339. The van der Waals surface area contributed by atoms with Gasteiger partial charge in [-0.05, 0) is 30.9 Å². The molecule has 4 N–H and O–H groups in total. The standard InChI is InChI=1S/C23H32N2O7/c1-25-16-9-5-6-10-18(16)32-13-15(23(25)30)24-22(29)21(31-2)20(28)19(27)17(26)12-11-14-7-3-4-8-14/h5-6,9-12,14-15,17,19-21,26-28H,3-4,7-8,13H2,1-2H3,(H,24,29)/b12-11+/t15-,17+,19-,20+,21+/m0/s1. The summed E-state index contributed by atoms with van der Waals surface area (Å²) in [5, 5.41) is 33.6. The predicted molar refractivity (Wildman–Crippen MR) is 117 cm³/mol. The van der Waals surface area contributed by atoms with Gasteiger partial charge in [-0.2, -0.15) is 0 Å². The van der Waals surface area contributed by atoms with Crippen LogP contribution in [0.25, 0.3) is 0 Å². The van der Waals surface area contributed by atoms with Crippen LogP contribution < -0.4 is 15.0 Å². The van der Waals surface area contributed by atoms with E-state index >= 15 is 0 Å². The average Bonchev–Trinajstić information content (AvgIpc) is 3.29. The van der Waals surface area contributed by atoms with Crippen LogP contribution in [0.3, 0.4) is 0 Å². The number of allylic oxidation sites excluding steroid dienone is 1. The third-order valence-corrected chi connectivity index (χ3v) is 6.08. The number of aliphatic hydroxyl groups is 3. The van der Waals surface area contributed by atoms with E-state index < -0.39 is 42.3 Å². The molecular formula is C23H32N2O7. The van der Waals surface area contributed by atoms with Crippen molar-refractivity contribution in [2.75, 3.05) is 25.7 Å². The highest BCUT2D eigenvalue weighted by molar-refractivity contribution is 6.01. The maximum Gasteiger partial charge on any atom is 0.252 e. The van der Waals surface area contributed by atoms with E-state index in [-0.39, 0.29) is 6.61 Å². The van der Waals surface area contributed by atoms with Crippen LogP contribution in [0.4, 0.5) is 5.69 Å². The van der Waals surface area contributed by atoms with Crippen molar-refractivity contribution in [1.29, 1.82) is 0 Å². The van der Waals surface area contributed by atoms with E-state index in [0.717, 1.165) is 25.7 Å². The van der Waals surface area contributed by atoms with Crippen molar-refractivity contribution in [3.8, 4) is 5.75 Å². The largest absolute Gasteiger partial charge is 0.489 e. The molecule has 1 saturated carbocycles. The molecule has 2 amide bonds. The number of methoxy groups -OCH3 is 1. The first-order valence-electron chi connectivity index (χ1n) is 10.9. The zero-order valence-corrected chi connectivity index (χ0v) is 18.4. The molecule has 1 fully saturated rings. The normalized spacial score (nSPS) is 23.2. The summed E-state index contributed by atoms with van der Waals surface area (Å²) in [6.45, 7) is -0.103. The van der Waals surface area contributed by atoms with Crippen LogP contribution in [0, 0.1) is 5.92 Å². The van der Waals surface area contributed by atoms with Crippen molar-refractivity contribution in [3.05, 3.63) is 36.4 Å². The number of carbonyl (C=O) groups is 2. The number of fused-ring (bicyclic) bond motifs is 1. The number of aliphatic hydroxyl groups excluding tert-OH is 3. The van der Waals surface area contributed by atoms with Gasteiger partial charge in [-0.25, -0.2) is 0 Å². The Kier molecular flexibility index (Phi) is 8.25. The van der Waals surface area contributed by atoms with Crippen LogP contribution in [0.2, 0.25) is 0 Å². The lowest BCUT2D eigenvalue weighted by atomic mass is 9.99. The van der Waals surface area contributed by atoms with Crippen LogP contribution in [-0.2, 0) is 14.3 Å². The SMILES string of the molecule is CO[C@@H](C(=O)N[C@H]1COc2ccccc2N(C)C1=O)[C@H](O)[C@@H](O)[C@H](O)/C=C/C1CCCC1. The van der Waals surface area contributed by atoms with Gasteiger partial charge in [0.2, 0.25) is 0 Å². The first-order chi connectivity index (χ1) is 15.3. The maximum atomic E-state index is 12.8. The molecule has 1 aromatic rings. The highest BCUT2D eigenvalue weighted by Crippen LogP contribution is 2.30. The number of hydrogen-bond donors (Lipinski definition) is 4. The van der Waals surface area contributed by atoms with Crippen LogP contribution in [0.5, 0.6) is 5.75 Å². The Balaban J connectivity index is 1.62. The van der Waals surface area contributed by atoms with Crippen molar-refractivity contribution < 1.29 is 34.4 Å². The number of ether oxygens (including phenoxy) is 2. The molecule has 32 heavy (non-hydrogen) atoms. The minimum Gasteiger partial charge on any atom is -0.489 e. The van der Waals surface area contributed by atoms with Gasteiger partial charge in [0.05, 0.1) is 5.69 Å². The van der Waals surface area contributed by atoms with Gasteiger partial charge in [0, 0.05) is 14.2 Å². The first-order valence-corrected chi connectivity index (χ1v) is 10.9. The molecule has 0 unspecified atom stereocenters. The zero-order valence-electron chi connectivity index (χ0n) is 18.4. The van der Waals surface area contributed by atoms with Crippen LogP contribution in [-0.4, -0.2) is 78.4 Å². The van der Waals surface area contributed by atoms with Gasteiger partial charge in [-0.3, -0.25) is 9.59 Å². The molecule has 0 saturated heterocycles. The summed E-state index contributed by atoms with van der Waals surface area (Å²) in [4.78, 5) is 27.0. The molecule has 2 aliphatic rings. The predicted octanol–water partition coefficient (Wildman–Crippen LogP) is 0.371. The number of nitrogens with zero attached hydrogens (tertiary/aromatic N) is 1. The van der Waals surface area contributed by atoms with E-state index in [0.29, 0.717) is 17.4 Å². The van der Waals surface area contributed by atoms with Gasteiger partial charge in [-0.1, -0.05) is 37.1 Å². The topological polar surface area (TPSA) is 129 Å². The molecule has 0 aromatic heterocycles. The summed E-state index contributed by atoms with van der Waals surface area (Å²) >= 11 is 0. The highest BCUT2D eigenvalue weighted by atomic mass is 16.5. The van der Waals surface area contributed by atoms with Crippen molar-refractivity contribution in [3.63, 3.8) is 0 Å². The van der Waals surface area contributed by atoms with E-state index in [2.05, 4.69) is 5.32 Å². The molecule has 0 spiro atoms. The molecule has 1 aliphatic heterocycles. The fourth-order valence-corrected chi connectivity index (χ4v) is 4.13. The second-order valence-corrected chi connectivity index (χ2v) is 8.29. The molecule has 0 radical (unpaired) electrons. The lowest BCUT2D eigenvalue weighted by Crippen LogP contribution is -2.56. The third-order valence-electron chi connectivity index (χ3n) is 6.08. The van der Waals surface area contributed by atoms with E-state index in [1.54, 1.807) is 31.3 Å². The monoisotopic (exact) mass is 448 g/mol.